The summed E-state index contributed by atoms with van der Waals surface area (Å²) in [6.45, 7) is 6.46. The lowest BCUT2D eigenvalue weighted by atomic mass is 10.1. The zero-order chi connectivity index (χ0) is 48.6. The number of hydrogen-bond donors (Lipinski definition) is 0. The fourth-order valence-corrected chi connectivity index (χ4v) is 7.90. The minimum atomic E-state index is -0.790. The van der Waals surface area contributed by atoms with Crippen LogP contribution in [0.3, 0.4) is 0 Å². The van der Waals surface area contributed by atoms with Gasteiger partial charge in [0.2, 0.25) is 0 Å². The van der Waals surface area contributed by atoms with Crippen LogP contribution in [0.4, 0.5) is 0 Å². The fraction of sp³-hybridized carbons (Fsp3) is 0.754. The van der Waals surface area contributed by atoms with Gasteiger partial charge in [-0.1, -0.05) is 235 Å². The van der Waals surface area contributed by atoms with Crippen LogP contribution in [0.2, 0.25) is 0 Å². The molecule has 0 amide bonds. The van der Waals surface area contributed by atoms with Crippen LogP contribution in [0.1, 0.15) is 278 Å². The minimum absolute atomic E-state index is 0.0881. The zero-order valence-electron chi connectivity index (χ0n) is 44.2. The van der Waals surface area contributed by atoms with Gasteiger partial charge in [-0.15, -0.1) is 0 Å². The Bertz CT molecular complexity index is 1260. The van der Waals surface area contributed by atoms with Gasteiger partial charge < -0.3 is 14.2 Å². The van der Waals surface area contributed by atoms with Crippen LogP contribution >= 0.6 is 0 Å². The first-order chi connectivity index (χ1) is 33.0. The summed E-state index contributed by atoms with van der Waals surface area (Å²) in [5.41, 5.74) is 0. The van der Waals surface area contributed by atoms with E-state index in [0.29, 0.717) is 19.3 Å². The molecule has 0 rings (SSSR count). The van der Waals surface area contributed by atoms with Crippen molar-refractivity contribution in [3.05, 3.63) is 72.9 Å². The Balaban J connectivity index is 4.35. The molecule has 0 bridgehead atoms. The lowest BCUT2D eigenvalue weighted by Crippen LogP contribution is -2.30. The van der Waals surface area contributed by atoms with Crippen LogP contribution in [-0.2, 0) is 28.6 Å². The SMILES string of the molecule is CC/C=C\C/C=C\C/C=C\CCCCCCCCCCCC(=O)OCC(COC(=O)CCCCC/C=C\C=C/CCCC)OC(=O)CCCCCCCCC/C=C\CCCCCCCCCC. The van der Waals surface area contributed by atoms with E-state index in [1.54, 1.807) is 0 Å². The topological polar surface area (TPSA) is 78.9 Å². The lowest BCUT2D eigenvalue weighted by molar-refractivity contribution is -0.167. The Kier molecular flexibility index (Phi) is 52.8. The predicted molar refractivity (Wildman–Crippen MR) is 288 cm³/mol. The van der Waals surface area contributed by atoms with Gasteiger partial charge in [-0.3, -0.25) is 14.4 Å². The molecular formula is C61H106O6. The Morgan fingerprint density at radius 3 is 1.07 bits per heavy atom. The van der Waals surface area contributed by atoms with Crippen molar-refractivity contribution >= 4 is 17.9 Å². The maximum atomic E-state index is 12.8. The normalized spacial score (nSPS) is 12.6. The van der Waals surface area contributed by atoms with Crippen LogP contribution < -0.4 is 0 Å². The van der Waals surface area contributed by atoms with Crippen LogP contribution in [0.5, 0.6) is 0 Å². The minimum Gasteiger partial charge on any atom is -0.462 e. The number of carbonyl (C=O) groups excluding carboxylic acids is 3. The summed E-state index contributed by atoms with van der Waals surface area (Å²) < 4.78 is 16.8. The third kappa shape index (κ3) is 53.7. The first-order valence-corrected chi connectivity index (χ1v) is 28.5. The average Bonchev–Trinajstić information content (AvgIpc) is 3.33. The lowest BCUT2D eigenvalue weighted by Gasteiger charge is -2.18. The Morgan fingerprint density at radius 2 is 0.642 bits per heavy atom. The molecular weight excluding hydrogens is 829 g/mol. The Morgan fingerprint density at radius 1 is 0.328 bits per heavy atom. The number of unbranched alkanes of at least 4 members (excludes halogenated alkanes) is 29. The Hall–Kier alpha value is -3.15. The first-order valence-electron chi connectivity index (χ1n) is 28.5. The maximum absolute atomic E-state index is 12.8. The van der Waals surface area contributed by atoms with Crippen molar-refractivity contribution in [3.8, 4) is 0 Å². The summed E-state index contributed by atoms with van der Waals surface area (Å²) in [5, 5.41) is 0. The zero-order valence-corrected chi connectivity index (χ0v) is 44.2. The number of hydrogen-bond acceptors (Lipinski definition) is 6. The average molecular weight is 936 g/mol. The summed E-state index contributed by atoms with van der Waals surface area (Å²) in [7, 11) is 0. The molecule has 0 aromatic carbocycles. The van der Waals surface area contributed by atoms with Gasteiger partial charge in [-0.2, -0.15) is 0 Å². The molecule has 0 radical (unpaired) electrons. The molecule has 0 aliphatic heterocycles. The van der Waals surface area contributed by atoms with Crippen molar-refractivity contribution in [2.75, 3.05) is 13.2 Å². The van der Waals surface area contributed by atoms with E-state index in [2.05, 4.69) is 93.7 Å². The van der Waals surface area contributed by atoms with Crippen molar-refractivity contribution < 1.29 is 28.6 Å². The third-order valence-corrected chi connectivity index (χ3v) is 12.2. The van der Waals surface area contributed by atoms with Crippen LogP contribution in [0.25, 0.3) is 0 Å². The molecule has 67 heavy (non-hydrogen) atoms. The van der Waals surface area contributed by atoms with Gasteiger partial charge >= 0.3 is 17.9 Å². The van der Waals surface area contributed by atoms with E-state index in [1.807, 2.05) is 0 Å². The smallest absolute Gasteiger partial charge is 0.306 e. The van der Waals surface area contributed by atoms with Gasteiger partial charge in [-0.25, -0.2) is 0 Å². The highest BCUT2D eigenvalue weighted by Gasteiger charge is 2.19. The molecule has 0 heterocycles. The first kappa shape index (κ1) is 63.8. The van der Waals surface area contributed by atoms with Gasteiger partial charge in [0.1, 0.15) is 13.2 Å². The van der Waals surface area contributed by atoms with Crippen LogP contribution in [-0.4, -0.2) is 37.2 Å². The number of allylic oxidation sites excluding steroid dienone is 12. The highest BCUT2D eigenvalue weighted by Crippen LogP contribution is 2.15. The number of carbonyl (C=O) groups is 3. The van der Waals surface area contributed by atoms with E-state index in [4.69, 9.17) is 14.2 Å². The number of esters is 3. The van der Waals surface area contributed by atoms with E-state index in [0.717, 1.165) is 89.9 Å². The molecule has 1 atom stereocenters. The second-order valence-corrected chi connectivity index (χ2v) is 18.8. The summed E-state index contributed by atoms with van der Waals surface area (Å²) in [6.07, 6.45) is 70.4. The molecule has 0 fully saturated rings. The predicted octanol–water partition coefficient (Wildman–Crippen LogP) is 19.0. The highest BCUT2D eigenvalue weighted by molar-refractivity contribution is 5.71. The molecule has 0 aliphatic rings. The molecule has 0 saturated heterocycles. The van der Waals surface area contributed by atoms with Gasteiger partial charge in [0, 0.05) is 19.3 Å². The Labute approximate surface area is 414 Å². The highest BCUT2D eigenvalue weighted by atomic mass is 16.6. The molecule has 0 aromatic heterocycles. The molecule has 0 saturated carbocycles. The molecule has 0 spiro atoms. The molecule has 0 aromatic rings. The van der Waals surface area contributed by atoms with Crippen molar-refractivity contribution in [2.24, 2.45) is 0 Å². The maximum Gasteiger partial charge on any atom is 0.306 e. The second-order valence-electron chi connectivity index (χ2n) is 18.8. The number of ether oxygens (including phenoxy) is 3. The monoisotopic (exact) mass is 935 g/mol. The summed E-state index contributed by atoms with van der Waals surface area (Å²) in [6, 6.07) is 0. The van der Waals surface area contributed by atoms with Gasteiger partial charge in [0.25, 0.3) is 0 Å². The number of rotatable bonds is 51. The van der Waals surface area contributed by atoms with E-state index < -0.39 is 6.10 Å². The van der Waals surface area contributed by atoms with Crippen molar-refractivity contribution in [3.63, 3.8) is 0 Å². The van der Waals surface area contributed by atoms with Crippen molar-refractivity contribution in [1.82, 2.24) is 0 Å². The molecule has 6 nitrogen and oxygen atoms in total. The van der Waals surface area contributed by atoms with Gasteiger partial charge in [0.05, 0.1) is 0 Å². The fourth-order valence-electron chi connectivity index (χ4n) is 7.90. The van der Waals surface area contributed by atoms with E-state index in [1.165, 1.54) is 148 Å². The largest absolute Gasteiger partial charge is 0.462 e. The quantitative estimate of drug-likeness (QED) is 0.0199. The molecule has 1 unspecified atom stereocenters. The standard InChI is InChI=1S/C61H106O6/c1-4-7-10-13-16-19-22-24-26-28-30-32-34-36-39-42-45-48-51-54-60(63)66-57-58(56-65-59(62)53-50-47-44-41-38-21-18-15-12-9-6-3)67-61(64)55-52-49-46-43-40-37-35-33-31-29-27-25-23-20-17-14-11-8-5-2/h7,10,15-16,18-19,21,24,26,29,31,38,58H,4-6,8-9,11-14,17,20,22-23,25,27-28,30,32-37,39-57H2,1-3H3/b10-7-,18-15-,19-16-,26-24-,31-29-,38-21-. The van der Waals surface area contributed by atoms with E-state index in [9.17, 15) is 14.4 Å². The van der Waals surface area contributed by atoms with Crippen molar-refractivity contribution in [1.29, 1.82) is 0 Å². The van der Waals surface area contributed by atoms with Crippen LogP contribution in [0.15, 0.2) is 72.9 Å². The summed E-state index contributed by atoms with van der Waals surface area (Å²) in [5.74, 6) is -0.920. The van der Waals surface area contributed by atoms with E-state index >= 15 is 0 Å². The van der Waals surface area contributed by atoms with Gasteiger partial charge in [-0.05, 0) is 96.3 Å². The van der Waals surface area contributed by atoms with Crippen molar-refractivity contribution in [2.45, 2.75) is 284 Å². The molecule has 0 N–H and O–H groups in total. The summed E-state index contributed by atoms with van der Waals surface area (Å²) in [4.78, 5) is 38.1. The van der Waals surface area contributed by atoms with Gasteiger partial charge in [0.15, 0.2) is 6.10 Å². The van der Waals surface area contributed by atoms with E-state index in [-0.39, 0.29) is 31.1 Å². The van der Waals surface area contributed by atoms with Crippen LogP contribution in [0, 0.1) is 0 Å². The second kappa shape index (κ2) is 55.4. The molecule has 386 valence electrons. The molecule has 6 heteroatoms. The third-order valence-electron chi connectivity index (χ3n) is 12.2. The molecule has 0 aliphatic carbocycles. The summed E-state index contributed by atoms with van der Waals surface area (Å²) >= 11 is 0.